The SMILES string of the molecule is O=C(CN(CCO)C1CC1)Nc1c(Br)cc(Br)cc1Br. The Hall–Kier alpha value is 0.0500. The molecule has 1 saturated carbocycles. The quantitative estimate of drug-likeness (QED) is 0.670. The van der Waals surface area contributed by atoms with Gasteiger partial charge < -0.3 is 10.4 Å². The monoisotopic (exact) mass is 468 g/mol. The molecule has 1 fully saturated rings. The molecule has 0 aromatic heterocycles. The van der Waals surface area contributed by atoms with E-state index < -0.39 is 0 Å². The van der Waals surface area contributed by atoms with E-state index in [0.717, 1.165) is 31.9 Å². The molecule has 0 unspecified atom stereocenters. The van der Waals surface area contributed by atoms with E-state index in [1.165, 1.54) is 0 Å². The highest BCUT2D eigenvalue weighted by molar-refractivity contribution is 9.11. The second-order valence-corrected chi connectivity index (χ2v) is 7.34. The van der Waals surface area contributed by atoms with Crippen molar-refractivity contribution < 1.29 is 9.90 Å². The fraction of sp³-hybridized carbons (Fsp3) is 0.462. The highest BCUT2D eigenvalue weighted by Crippen LogP contribution is 2.34. The Balaban J connectivity index is 2.00. The van der Waals surface area contributed by atoms with E-state index in [9.17, 15) is 4.79 Å². The van der Waals surface area contributed by atoms with Gasteiger partial charge in [-0.3, -0.25) is 9.69 Å². The molecule has 1 aromatic rings. The van der Waals surface area contributed by atoms with Crippen molar-refractivity contribution >= 4 is 59.4 Å². The average Bonchev–Trinajstić information content (AvgIpc) is 3.17. The zero-order valence-electron chi connectivity index (χ0n) is 10.7. The smallest absolute Gasteiger partial charge is 0.238 e. The van der Waals surface area contributed by atoms with Crippen LogP contribution in [0.4, 0.5) is 5.69 Å². The summed E-state index contributed by atoms with van der Waals surface area (Å²) in [6.45, 7) is 0.927. The lowest BCUT2D eigenvalue weighted by atomic mass is 10.3. The van der Waals surface area contributed by atoms with Gasteiger partial charge in [0, 0.05) is 26.0 Å². The number of nitrogens with one attached hydrogen (secondary N) is 1. The van der Waals surface area contributed by atoms with Gasteiger partial charge in [0.05, 0.1) is 18.8 Å². The first kappa shape index (κ1) is 16.4. The summed E-state index contributed by atoms with van der Waals surface area (Å²) in [5, 5.41) is 11.9. The highest BCUT2D eigenvalue weighted by Gasteiger charge is 2.29. The van der Waals surface area contributed by atoms with Crippen LogP contribution in [-0.2, 0) is 4.79 Å². The normalized spacial score (nSPS) is 14.7. The van der Waals surface area contributed by atoms with Gasteiger partial charge in [0.2, 0.25) is 5.91 Å². The second-order valence-electron chi connectivity index (χ2n) is 4.72. The zero-order chi connectivity index (χ0) is 14.7. The molecule has 0 radical (unpaired) electrons. The van der Waals surface area contributed by atoms with Gasteiger partial charge in [0.15, 0.2) is 0 Å². The van der Waals surface area contributed by atoms with Gasteiger partial charge >= 0.3 is 0 Å². The Morgan fingerprint density at radius 2 is 1.90 bits per heavy atom. The number of anilines is 1. The van der Waals surface area contributed by atoms with Gasteiger partial charge in [0.25, 0.3) is 0 Å². The summed E-state index contributed by atoms with van der Waals surface area (Å²) in [6, 6.07) is 4.21. The number of benzene rings is 1. The van der Waals surface area contributed by atoms with Crippen LogP contribution in [0.5, 0.6) is 0 Å². The summed E-state index contributed by atoms with van der Waals surface area (Å²) in [7, 11) is 0. The van der Waals surface area contributed by atoms with Crippen LogP contribution in [0.1, 0.15) is 12.8 Å². The van der Waals surface area contributed by atoms with Gasteiger partial charge in [0.1, 0.15) is 0 Å². The van der Waals surface area contributed by atoms with Crippen molar-refractivity contribution in [2.24, 2.45) is 0 Å². The van der Waals surface area contributed by atoms with Crippen LogP contribution in [-0.4, -0.2) is 41.7 Å². The number of aliphatic hydroxyl groups excluding tert-OH is 1. The lowest BCUT2D eigenvalue weighted by Gasteiger charge is -2.20. The minimum atomic E-state index is -0.0749. The third-order valence-electron chi connectivity index (χ3n) is 3.07. The van der Waals surface area contributed by atoms with Crippen molar-refractivity contribution in [1.82, 2.24) is 4.90 Å². The van der Waals surface area contributed by atoms with Crippen LogP contribution in [0.25, 0.3) is 0 Å². The number of hydrogen-bond acceptors (Lipinski definition) is 3. The first-order valence-electron chi connectivity index (χ1n) is 6.30. The topological polar surface area (TPSA) is 52.6 Å². The Bertz CT molecular complexity index is 483. The number of carbonyl (C=O) groups is 1. The number of aliphatic hydroxyl groups is 1. The zero-order valence-corrected chi connectivity index (χ0v) is 15.5. The summed E-state index contributed by atoms with van der Waals surface area (Å²) < 4.78 is 2.55. The first-order chi connectivity index (χ1) is 9.51. The largest absolute Gasteiger partial charge is 0.395 e. The maximum absolute atomic E-state index is 12.1. The molecule has 2 rings (SSSR count). The second kappa shape index (κ2) is 7.35. The maximum atomic E-state index is 12.1. The number of halogens is 3. The molecule has 1 aliphatic carbocycles. The fourth-order valence-electron chi connectivity index (χ4n) is 1.98. The molecule has 0 heterocycles. The molecule has 2 N–H and O–H groups in total. The van der Waals surface area contributed by atoms with Gasteiger partial charge in [-0.1, -0.05) is 15.9 Å². The van der Waals surface area contributed by atoms with Crippen molar-refractivity contribution in [3.63, 3.8) is 0 Å². The van der Waals surface area contributed by atoms with Crippen LogP contribution in [0, 0.1) is 0 Å². The van der Waals surface area contributed by atoms with Gasteiger partial charge in [-0.2, -0.15) is 0 Å². The lowest BCUT2D eigenvalue weighted by Crippen LogP contribution is -2.36. The van der Waals surface area contributed by atoms with Crippen molar-refractivity contribution in [2.45, 2.75) is 18.9 Å². The molecule has 7 heteroatoms. The molecule has 20 heavy (non-hydrogen) atoms. The van der Waals surface area contributed by atoms with Crippen molar-refractivity contribution in [2.75, 3.05) is 25.0 Å². The van der Waals surface area contributed by atoms with Crippen molar-refractivity contribution in [3.05, 3.63) is 25.6 Å². The molecule has 110 valence electrons. The average molecular weight is 471 g/mol. The van der Waals surface area contributed by atoms with Gasteiger partial charge in [-0.25, -0.2) is 0 Å². The maximum Gasteiger partial charge on any atom is 0.238 e. The van der Waals surface area contributed by atoms with E-state index in [1.807, 2.05) is 17.0 Å². The molecular formula is C13H15Br3N2O2. The Morgan fingerprint density at radius 1 is 1.30 bits per heavy atom. The summed E-state index contributed by atoms with van der Waals surface area (Å²) in [6.07, 6.45) is 2.22. The molecule has 0 saturated heterocycles. The predicted octanol–water partition coefficient (Wildman–Crippen LogP) is 3.37. The number of carbonyl (C=O) groups excluding carboxylic acids is 1. The molecular weight excluding hydrogens is 456 g/mol. The van der Waals surface area contributed by atoms with Crippen LogP contribution >= 0.6 is 47.8 Å². The van der Waals surface area contributed by atoms with E-state index in [-0.39, 0.29) is 12.5 Å². The van der Waals surface area contributed by atoms with E-state index in [1.54, 1.807) is 0 Å². The Labute approximate surface area is 143 Å². The number of hydrogen-bond donors (Lipinski definition) is 2. The standard InChI is InChI=1S/C13H15Br3N2O2/c14-8-5-10(15)13(11(16)6-8)17-12(20)7-18(3-4-19)9-1-2-9/h5-6,9,19H,1-4,7H2,(H,17,20). The molecule has 1 aliphatic rings. The lowest BCUT2D eigenvalue weighted by molar-refractivity contribution is -0.117. The molecule has 0 atom stereocenters. The van der Waals surface area contributed by atoms with Crippen LogP contribution in [0.15, 0.2) is 25.6 Å². The predicted molar refractivity (Wildman–Crippen MR) is 89.9 cm³/mol. The van der Waals surface area contributed by atoms with E-state index in [0.29, 0.717) is 19.1 Å². The Kier molecular flexibility index (Phi) is 6.04. The first-order valence-corrected chi connectivity index (χ1v) is 8.68. The summed E-state index contributed by atoms with van der Waals surface area (Å²) >= 11 is 10.3. The van der Waals surface area contributed by atoms with Crippen molar-refractivity contribution in [3.8, 4) is 0 Å². The highest BCUT2D eigenvalue weighted by atomic mass is 79.9. The fourth-order valence-corrected chi connectivity index (χ4v) is 4.44. The Morgan fingerprint density at radius 3 is 2.40 bits per heavy atom. The third-order valence-corrected chi connectivity index (χ3v) is 4.78. The molecule has 0 spiro atoms. The van der Waals surface area contributed by atoms with Crippen LogP contribution in [0.3, 0.4) is 0 Å². The van der Waals surface area contributed by atoms with Gasteiger partial charge in [-0.15, -0.1) is 0 Å². The number of rotatable bonds is 6. The molecule has 0 aliphatic heterocycles. The summed E-state index contributed by atoms with van der Waals surface area (Å²) in [4.78, 5) is 14.2. The summed E-state index contributed by atoms with van der Waals surface area (Å²) in [5.74, 6) is -0.0749. The number of amides is 1. The van der Waals surface area contributed by atoms with Crippen LogP contribution < -0.4 is 5.32 Å². The van der Waals surface area contributed by atoms with Gasteiger partial charge in [-0.05, 0) is 56.8 Å². The summed E-state index contributed by atoms with van der Waals surface area (Å²) in [5.41, 5.74) is 0.720. The molecule has 4 nitrogen and oxygen atoms in total. The third kappa shape index (κ3) is 4.53. The number of nitrogens with zero attached hydrogens (tertiary/aromatic N) is 1. The minimum absolute atomic E-state index is 0.0749. The van der Waals surface area contributed by atoms with E-state index in [2.05, 4.69) is 53.1 Å². The van der Waals surface area contributed by atoms with Crippen molar-refractivity contribution in [1.29, 1.82) is 0 Å². The van der Waals surface area contributed by atoms with Crippen LogP contribution in [0.2, 0.25) is 0 Å². The van der Waals surface area contributed by atoms with E-state index in [4.69, 9.17) is 5.11 Å². The van der Waals surface area contributed by atoms with E-state index >= 15 is 0 Å². The molecule has 0 bridgehead atoms. The minimum Gasteiger partial charge on any atom is -0.395 e. The molecule has 1 amide bonds. The molecule has 1 aromatic carbocycles.